The van der Waals surface area contributed by atoms with Crippen LogP contribution in [-0.2, 0) is 0 Å². The fourth-order valence-electron chi connectivity index (χ4n) is 2.32. The molecule has 0 aliphatic rings. The van der Waals surface area contributed by atoms with Gasteiger partial charge in [-0.25, -0.2) is 9.97 Å². The number of hydrogen-bond acceptors (Lipinski definition) is 2. The van der Waals surface area contributed by atoms with Crippen molar-refractivity contribution in [3.05, 3.63) is 23.1 Å². The SMILES string of the molecule is CC(C)c1cnc2[nH]c(C(C)C)c(C(C)C)c2n1. The Balaban J connectivity index is 2.71. The van der Waals surface area contributed by atoms with Crippen molar-refractivity contribution in [1.82, 2.24) is 15.0 Å². The average Bonchev–Trinajstić information content (AvgIpc) is 2.66. The summed E-state index contributed by atoms with van der Waals surface area (Å²) in [5.41, 5.74) is 5.65. The van der Waals surface area contributed by atoms with Crippen LogP contribution in [0.15, 0.2) is 6.20 Å². The second-order valence-corrected chi connectivity index (χ2v) is 5.91. The molecule has 98 valence electrons. The van der Waals surface area contributed by atoms with E-state index in [2.05, 4.69) is 51.5 Å². The van der Waals surface area contributed by atoms with Crippen molar-refractivity contribution in [2.45, 2.75) is 59.3 Å². The van der Waals surface area contributed by atoms with Gasteiger partial charge in [0, 0.05) is 11.3 Å². The quantitative estimate of drug-likeness (QED) is 0.874. The molecule has 0 saturated heterocycles. The first-order valence-electron chi connectivity index (χ1n) is 6.80. The van der Waals surface area contributed by atoms with Gasteiger partial charge in [0.05, 0.1) is 11.9 Å². The van der Waals surface area contributed by atoms with E-state index in [-0.39, 0.29) is 0 Å². The maximum absolute atomic E-state index is 4.81. The molecular formula is C15H23N3. The summed E-state index contributed by atoms with van der Waals surface area (Å²) in [5.74, 6) is 1.35. The van der Waals surface area contributed by atoms with Gasteiger partial charge in [-0.05, 0) is 17.8 Å². The minimum Gasteiger partial charge on any atom is -0.341 e. The molecule has 2 heterocycles. The van der Waals surface area contributed by atoms with Crippen molar-refractivity contribution in [2.75, 3.05) is 0 Å². The largest absolute Gasteiger partial charge is 0.341 e. The molecule has 0 aromatic carbocycles. The maximum Gasteiger partial charge on any atom is 0.156 e. The van der Waals surface area contributed by atoms with Gasteiger partial charge in [-0.15, -0.1) is 0 Å². The fourth-order valence-corrected chi connectivity index (χ4v) is 2.32. The first-order valence-corrected chi connectivity index (χ1v) is 6.80. The molecule has 3 heteroatoms. The lowest BCUT2D eigenvalue weighted by Crippen LogP contribution is -1.98. The number of fused-ring (bicyclic) bond motifs is 1. The lowest BCUT2D eigenvalue weighted by Gasteiger charge is -2.10. The number of rotatable bonds is 3. The molecule has 0 bridgehead atoms. The van der Waals surface area contributed by atoms with E-state index in [9.17, 15) is 0 Å². The molecule has 2 aromatic heterocycles. The normalized spacial score (nSPS) is 12.3. The monoisotopic (exact) mass is 245 g/mol. The van der Waals surface area contributed by atoms with Crippen LogP contribution in [0.25, 0.3) is 11.2 Å². The Labute approximate surface area is 109 Å². The van der Waals surface area contributed by atoms with E-state index in [4.69, 9.17) is 4.98 Å². The van der Waals surface area contributed by atoms with E-state index in [1.807, 2.05) is 6.20 Å². The number of aromatic nitrogens is 3. The van der Waals surface area contributed by atoms with Crippen LogP contribution in [0.1, 0.15) is 76.2 Å². The van der Waals surface area contributed by atoms with E-state index in [1.165, 1.54) is 11.3 Å². The van der Waals surface area contributed by atoms with Crippen LogP contribution in [0, 0.1) is 0 Å². The van der Waals surface area contributed by atoms with Crippen molar-refractivity contribution in [2.24, 2.45) is 0 Å². The van der Waals surface area contributed by atoms with Crippen molar-refractivity contribution in [3.8, 4) is 0 Å². The van der Waals surface area contributed by atoms with Crippen LogP contribution in [0.4, 0.5) is 0 Å². The van der Waals surface area contributed by atoms with Gasteiger partial charge in [-0.3, -0.25) is 0 Å². The molecule has 2 aromatic rings. The Kier molecular flexibility index (Phi) is 3.42. The predicted octanol–water partition coefficient (Wildman–Crippen LogP) is 4.33. The highest BCUT2D eigenvalue weighted by Gasteiger charge is 2.19. The standard InChI is InChI=1S/C15H23N3/c1-8(2)11-7-16-15-14(17-11)12(9(3)4)13(18-15)10(5)6/h7-10H,1-6H3,(H,16,18). The Morgan fingerprint density at radius 1 is 0.944 bits per heavy atom. The zero-order valence-electron chi connectivity index (χ0n) is 12.2. The Morgan fingerprint density at radius 2 is 1.61 bits per heavy atom. The van der Waals surface area contributed by atoms with E-state index >= 15 is 0 Å². The van der Waals surface area contributed by atoms with Gasteiger partial charge in [0.15, 0.2) is 5.65 Å². The van der Waals surface area contributed by atoms with Gasteiger partial charge >= 0.3 is 0 Å². The Morgan fingerprint density at radius 3 is 2.11 bits per heavy atom. The third-order valence-electron chi connectivity index (χ3n) is 3.34. The highest BCUT2D eigenvalue weighted by atomic mass is 14.9. The van der Waals surface area contributed by atoms with Crippen LogP contribution in [0.5, 0.6) is 0 Å². The summed E-state index contributed by atoms with van der Waals surface area (Å²) in [6, 6.07) is 0. The summed E-state index contributed by atoms with van der Waals surface area (Å²) in [7, 11) is 0. The van der Waals surface area contributed by atoms with Gasteiger partial charge in [-0.1, -0.05) is 41.5 Å². The van der Waals surface area contributed by atoms with Gasteiger partial charge < -0.3 is 4.98 Å². The Bertz CT molecular complexity index is 550. The van der Waals surface area contributed by atoms with Gasteiger partial charge in [-0.2, -0.15) is 0 Å². The molecule has 0 amide bonds. The van der Waals surface area contributed by atoms with E-state index in [0.717, 1.165) is 16.9 Å². The molecule has 2 rings (SSSR count). The van der Waals surface area contributed by atoms with Crippen molar-refractivity contribution >= 4 is 11.2 Å². The van der Waals surface area contributed by atoms with Gasteiger partial charge in [0.2, 0.25) is 0 Å². The van der Waals surface area contributed by atoms with E-state index < -0.39 is 0 Å². The highest BCUT2D eigenvalue weighted by molar-refractivity contribution is 5.78. The van der Waals surface area contributed by atoms with E-state index in [0.29, 0.717) is 17.8 Å². The minimum atomic E-state index is 0.416. The predicted molar refractivity (Wildman–Crippen MR) is 76.2 cm³/mol. The molecular weight excluding hydrogens is 222 g/mol. The molecule has 0 atom stereocenters. The van der Waals surface area contributed by atoms with Crippen molar-refractivity contribution in [3.63, 3.8) is 0 Å². The molecule has 0 radical (unpaired) electrons. The molecule has 1 N–H and O–H groups in total. The van der Waals surface area contributed by atoms with Crippen molar-refractivity contribution in [1.29, 1.82) is 0 Å². The van der Waals surface area contributed by atoms with Crippen LogP contribution < -0.4 is 0 Å². The summed E-state index contributed by atoms with van der Waals surface area (Å²) in [6.45, 7) is 13.2. The number of aromatic amines is 1. The van der Waals surface area contributed by atoms with Crippen LogP contribution in [-0.4, -0.2) is 15.0 Å². The molecule has 0 saturated carbocycles. The minimum absolute atomic E-state index is 0.416. The van der Waals surface area contributed by atoms with Crippen LogP contribution in [0.2, 0.25) is 0 Å². The third-order valence-corrected chi connectivity index (χ3v) is 3.34. The molecule has 0 unspecified atom stereocenters. The highest BCUT2D eigenvalue weighted by Crippen LogP contribution is 2.31. The van der Waals surface area contributed by atoms with Crippen LogP contribution >= 0.6 is 0 Å². The third kappa shape index (κ3) is 2.14. The fraction of sp³-hybridized carbons (Fsp3) is 0.600. The lowest BCUT2D eigenvalue weighted by atomic mass is 9.97. The number of H-pyrrole nitrogens is 1. The molecule has 0 fully saturated rings. The smallest absolute Gasteiger partial charge is 0.156 e. The van der Waals surface area contributed by atoms with Gasteiger partial charge in [0.1, 0.15) is 5.52 Å². The van der Waals surface area contributed by atoms with E-state index in [1.54, 1.807) is 0 Å². The second kappa shape index (κ2) is 4.71. The maximum atomic E-state index is 4.81. The zero-order valence-corrected chi connectivity index (χ0v) is 12.2. The molecule has 3 nitrogen and oxygen atoms in total. The first kappa shape index (κ1) is 13.1. The summed E-state index contributed by atoms with van der Waals surface area (Å²) in [4.78, 5) is 12.8. The number of nitrogens with one attached hydrogen (secondary N) is 1. The molecule has 18 heavy (non-hydrogen) atoms. The topological polar surface area (TPSA) is 41.6 Å². The van der Waals surface area contributed by atoms with Crippen LogP contribution in [0.3, 0.4) is 0 Å². The Hall–Kier alpha value is -1.38. The summed E-state index contributed by atoms with van der Waals surface area (Å²) in [5, 5.41) is 0. The molecule has 0 spiro atoms. The lowest BCUT2D eigenvalue weighted by molar-refractivity contribution is 0.776. The molecule has 0 aliphatic heterocycles. The molecule has 0 aliphatic carbocycles. The zero-order chi connectivity index (χ0) is 13.4. The van der Waals surface area contributed by atoms with Gasteiger partial charge in [0.25, 0.3) is 0 Å². The first-order chi connectivity index (χ1) is 8.41. The summed E-state index contributed by atoms with van der Waals surface area (Å²) < 4.78 is 0. The summed E-state index contributed by atoms with van der Waals surface area (Å²) >= 11 is 0. The summed E-state index contributed by atoms with van der Waals surface area (Å²) in [6.07, 6.45) is 1.89. The number of hydrogen-bond donors (Lipinski definition) is 1. The average molecular weight is 245 g/mol. The number of nitrogens with zero attached hydrogens (tertiary/aromatic N) is 2. The second-order valence-electron chi connectivity index (χ2n) is 5.91. The van der Waals surface area contributed by atoms with Crippen molar-refractivity contribution < 1.29 is 0 Å².